The van der Waals surface area contributed by atoms with Crippen molar-refractivity contribution in [2.24, 2.45) is 0 Å². The average molecular weight is 464 g/mol. The fourth-order valence-electron chi connectivity index (χ4n) is 3.36. The van der Waals surface area contributed by atoms with Gasteiger partial charge >= 0.3 is 5.97 Å². The van der Waals surface area contributed by atoms with Gasteiger partial charge in [0.1, 0.15) is 5.82 Å². The molecular weight excluding hydrogens is 441 g/mol. The lowest BCUT2D eigenvalue weighted by Crippen LogP contribution is -2.47. The van der Waals surface area contributed by atoms with Gasteiger partial charge in [-0.3, -0.25) is 4.72 Å². The molecule has 1 atom stereocenters. The molecule has 0 amide bonds. The highest BCUT2D eigenvalue weighted by Gasteiger charge is 2.33. The summed E-state index contributed by atoms with van der Waals surface area (Å²) in [5.41, 5.74) is 2.16. The predicted octanol–water partition coefficient (Wildman–Crippen LogP) is 3.32. The van der Waals surface area contributed by atoms with Gasteiger partial charge in [0, 0.05) is 17.9 Å². The zero-order chi connectivity index (χ0) is 22.8. The van der Waals surface area contributed by atoms with Gasteiger partial charge in [-0.1, -0.05) is 12.1 Å². The minimum absolute atomic E-state index is 0.0523. The number of halogens is 1. The number of benzene rings is 2. The number of esters is 1. The quantitative estimate of drug-likeness (QED) is 0.502. The smallest absolute Gasteiger partial charge is 0.337 e. The Morgan fingerprint density at radius 1 is 1.19 bits per heavy atom. The van der Waals surface area contributed by atoms with Crippen molar-refractivity contribution in [3.8, 4) is 0 Å². The first-order chi connectivity index (χ1) is 14.7. The van der Waals surface area contributed by atoms with Gasteiger partial charge in [-0.15, -0.1) is 0 Å². The van der Waals surface area contributed by atoms with Crippen molar-refractivity contribution in [3.05, 3.63) is 71.2 Å². The van der Waals surface area contributed by atoms with Gasteiger partial charge in [-0.2, -0.15) is 0 Å². The highest BCUT2D eigenvalue weighted by molar-refractivity contribution is 7.92. The van der Waals surface area contributed by atoms with Crippen LogP contribution in [0.1, 0.15) is 25.5 Å². The monoisotopic (exact) mass is 463 g/mol. The van der Waals surface area contributed by atoms with Crippen molar-refractivity contribution in [3.63, 3.8) is 0 Å². The molecule has 7 nitrogen and oxygen atoms in total. The molecule has 10 heteroatoms. The number of rotatable bonds is 6. The summed E-state index contributed by atoms with van der Waals surface area (Å²) in [5.74, 6) is -0.996. The van der Waals surface area contributed by atoms with E-state index in [2.05, 4.69) is 10.0 Å². The van der Waals surface area contributed by atoms with Crippen LogP contribution in [0.2, 0.25) is 0 Å². The number of ether oxygens (including phenoxy) is 1. The molecule has 0 aromatic heterocycles. The first-order valence-corrected chi connectivity index (χ1v) is 11.3. The Morgan fingerprint density at radius 3 is 2.35 bits per heavy atom. The van der Waals surface area contributed by atoms with Gasteiger partial charge in [0.25, 0.3) is 10.0 Å². The maximum atomic E-state index is 13.1. The van der Waals surface area contributed by atoms with E-state index in [1.807, 2.05) is 11.8 Å². The number of methoxy groups -OCH3 is 1. The molecule has 1 unspecified atom stereocenters. The number of anilines is 1. The van der Waals surface area contributed by atoms with Gasteiger partial charge in [-0.05, 0) is 68.0 Å². The second-order valence-corrected chi connectivity index (χ2v) is 8.87. The first kappa shape index (κ1) is 22.7. The molecule has 0 fully saturated rings. The third-order valence-corrected chi connectivity index (χ3v) is 6.67. The van der Waals surface area contributed by atoms with Gasteiger partial charge < -0.3 is 15.0 Å². The van der Waals surface area contributed by atoms with Crippen LogP contribution in [-0.4, -0.2) is 38.1 Å². The maximum Gasteiger partial charge on any atom is 0.337 e. The topological polar surface area (TPSA) is 87.7 Å². The minimum atomic E-state index is -3.87. The van der Waals surface area contributed by atoms with Crippen molar-refractivity contribution >= 4 is 39.0 Å². The van der Waals surface area contributed by atoms with Crippen LogP contribution >= 0.6 is 12.2 Å². The van der Waals surface area contributed by atoms with Crippen LogP contribution in [0.15, 0.2) is 64.7 Å². The first-order valence-electron chi connectivity index (χ1n) is 9.43. The summed E-state index contributed by atoms with van der Waals surface area (Å²) >= 11 is 5.43. The van der Waals surface area contributed by atoms with Crippen molar-refractivity contribution in [1.29, 1.82) is 0 Å². The molecule has 164 valence electrons. The molecule has 31 heavy (non-hydrogen) atoms. The molecule has 0 saturated carbocycles. The molecule has 0 radical (unpaired) electrons. The van der Waals surface area contributed by atoms with E-state index in [0.29, 0.717) is 34.2 Å². The zero-order valence-corrected chi connectivity index (χ0v) is 18.8. The van der Waals surface area contributed by atoms with Crippen molar-refractivity contribution in [1.82, 2.24) is 10.2 Å². The summed E-state index contributed by atoms with van der Waals surface area (Å²) in [7, 11) is -2.55. The van der Waals surface area contributed by atoms with Crippen molar-refractivity contribution < 1.29 is 22.3 Å². The number of nitrogens with one attached hydrogen (secondary N) is 2. The summed E-state index contributed by atoms with van der Waals surface area (Å²) < 4.78 is 45.5. The lowest BCUT2D eigenvalue weighted by molar-refractivity contribution is -0.136. The van der Waals surface area contributed by atoms with Gasteiger partial charge in [-0.25, -0.2) is 17.6 Å². The molecule has 2 aromatic rings. The van der Waals surface area contributed by atoms with Crippen molar-refractivity contribution in [2.45, 2.75) is 24.8 Å². The van der Waals surface area contributed by atoms with E-state index in [9.17, 15) is 17.6 Å². The Balaban J connectivity index is 1.89. The Morgan fingerprint density at radius 2 is 1.81 bits per heavy atom. The Bertz CT molecular complexity index is 1130. The van der Waals surface area contributed by atoms with Gasteiger partial charge in [0.2, 0.25) is 0 Å². The number of sulfonamides is 1. The minimum Gasteiger partial charge on any atom is -0.466 e. The fourth-order valence-corrected chi connectivity index (χ4v) is 4.80. The summed E-state index contributed by atoms with van der Waals surface area (Å²) in [6.07, 6.45) is 0. The number of thiocarbonyl (C=S) groups is 1. The summed E-state index contributed by atoms with van der Waals surface area (Å²) in [4.78, 5) is 14.2. The molecular formula is C21H22FN3O4S2. The standard InChI is InChI=1S/C21H22FN3O4S2/c1-4-25-13(2)18(20(26)29-3)19(23-21(25)30)14-5-9-16(10-6-14)24-31(27,28)17-11-7-15(22)8-12-17/h5-12,19,24H,4H2,1-3H3,(H,23,30). The van der Waals surface area contributed by atoms with E-state index in [0.717, 1.165) is 12.1 Å². The highest BCUT2D eigenvalue weighted by Crippen LogP contribution is 2.32. The van der Waals surface area contributed by atoms with E-state index in [-0.39, 0.29) is 4.90 Å². The van der Waals surface area contributed by atoms with E-state index >= 15 is 0 Å². The van der Waals surface area contributed by atoms with E-state index < -0.39 is 27.9 Å². The molecule has 0 spiro atoms. The molecule has 0 bridgehead atoms. The average Bonchev–Trinajstić information content (AvgIpc) is 2.74. The van der Waals surface area contributed by atoms with Gasteiger partial charge in [0.05, 0.1) is 23.6 Å². The Kier molecular flexibility index (Phi) is 6.61. The van der Waals surface area contributed by atoms with Crippen LogP contribution < -0.4 is 10.0 Å². The lowest BCUT2D eigenvalue weighted by atomic mass is 9.95. The number of carbonyl (C=O) groups excluding carboxylic acids is 1. The largest absolute Gasteiger partial charge is 0.466 e. The van der Waals surface area contributed by atoms with Crippen LogP contribution in [0, 0.1) is 5.82 Å². The Labute approximate surface area is 185 Å². The van der Waals surface area contributed by atoms with Crippen LogP contribution in [-0.2, 0) is 19.6 Å². The molecule has 1 aliphatic heterocycles. The summed E-state index contributed by atoms with van der Waals surface area (Å²) in [5, 5.41) is 3.64. The van der Waals surface area contributed by atoms with Gasteiger partial charge in [0.15, 0.2) is 5.11 Å². The number of nitrogens with zero attached hydrogens (tertiary/aromatic N) is 1. The second kappa shape index (κ2) is 9.03. The zero-order valence-electron chi connectivity index (χ0n) is 17.2. The molecule has 3 rings (SSSR count). The maximum absolute atomic E-state index is 13.1. The third kappa shape index (κ3) is 4.70. The predicted molar refractivity (Wildman–Crippen MR) is 119 cm³/mol. The van der Waals surface area contributed by atoms with Crippen LogP contribution in [0.5, 0.6) is 0 Å². The number of hydrogen-bond donors (Lipinski definition) is 2. The molecule has 2 aromatic carbocycles. The number of allylic oxidation sites excluding steroid dienone is 1. The number of hydrogen-bond acceptors (Lipinski definition) is 5. The lowest BCUT2D eigenvalue weighted by Gasteiger charge is -2.36. The second-order valence-electron chi connectivity index (χ2n) is 6.80. The van der Waals surface area contributed by atoms with E-state index in [1.54, 1.807) is 31.2 Å². The highest BCUT2D eigenvalue weighted by atomic mass is 32.2. The molecule has 0 aliphatic carbocycles. The third-order valence-electron chi connectivity index (χ3n) is 4.94. The summed E-state index contributed by atoms with van der Waals surface area (Å²) in [6, 6.07) is 10.6. The van der Waals surface area contributed by atoms with Crippen LogP contribution in [0.3, 0.4) is 0 Å². The number of carbonyl (C=O) groups is 1. The summed E-state index contributed by atoms with van der Waals surface area (Å²) in [6.45, 7) is 4.32. The molecule has 2 N–H and O–H groups in total. The SMILES string of the molecule is CCN1C(=S)NC(c2ccc(NS(=O)(=O)c3ccc(F)cc3)cc2)C(C(=O)OC)=C1C. The molecule has 1 aliphatic rings. The molecule has 0 saturated heterocycles. The Hall–Kier alpha value is -2.98. The normalized spacial score (nSPS) is 16.7. The fraction of sp³-hybridized carbons (Fsp3) is 0.238. The van der Waals surface area contributed by atoms with Crippen LogP contribution in [0.4, 0.5) is 10.1 Å². The van der Waals surface area contributed by atoms with E-state index in [1.165, 1.54) is 19.2 Å². The van der Waals surface area contributed by atoms with E-state index in [4.69, 9.17) is 17.0 Å². The van der Waals surface area contributed by atoms with Crippen LogP contribution in [0.25, 0.3) is 0 Å². The molecule has 1 heterocycles. The van der Waals surface area contributed by atoms with Crippen molar-refractivity contribution in [2.75, 3.05) is 18.4 Å².